The van der Waals surface area contributed by atoms with Gasteiger partial charge in [0.25, 0.3) is 5.91 Å². The molecule has 1 amide bonds. The molecule has 0 atom stereocenters. The molecule has 5 heteroatoms. The van der Waals surface area contributed by atoms with Crippen molar-refractivity contribution < 1.29 is 4.79 Å². The van der Waals surface area contributed by atoms with E-state index in [0.29, 0.717) is 16.6 Å². The van der Waals surface area contributed by atoms with Crippen LogP contribution in [0.5, 0.6) is 0 Å². The highest BCUT2D eigenvalue weighted by Gasteiger charge is 2.33. The van der Waals surface area contributed by atoms with Gasteiger partial charge in [-0.15, -0.1) is 0 Å². The van der Waals surface area contributed by atoms with E-state index in [9.17, 15) is 4.79 Å². The van der Waals surface area contributed by atoms with Gasteiger partial charge in [-0.05, 0) is 80.1 Å². The summed E-state index contributed by atoms with van der Waals surface area (Å²) >= 11 is 1.44. The quantitative estimate of drug-likeness (QED) is 0.285. The highest BCUT2D eigenvalue weighted by atomic mass is 32.2. The number of carbonyl (C=O) groups excluding carboxylic acids is 1. The lowest BCUT2D eigenvalue weighted by Gasteiger charge is -2.15. The third-order valence-electron chi connectivity index (χ3n) is 6.10. The summed E-state index contributed by atoms with van der Waals surface area (Å²) < 4.78 is 2.23. The van der Waals surface area contributed by atoms with E-state index in [1.165, 1.54) is 17.3 Å². The van der Waals surface area contributed by atoms with Crippen LogP contribution in [0.25, 0.3) is 11.8 Å². The van der Waals surface area contributed by atoms with Crippen molar-refractivity contribution in [2.24, 2.45) is 4.99 Å². The summed E-state index contributed by atoms with van der Waals surface area (Å²) in [5.74, 6) is -0.0197. The molecule has 4 aromatic rings. The van der Waals surface area contributed by atoms with Gasteiger partial charge < -0.3 is 4.57 Å². The maximum Gasteiger partial charge on any atom is 0.267 e. The fraction of sp³-hybridized carbons (Fsp3) is 0.133. The molecule has 1 aromatic heterocycles. The lowest BCUT2D eigenvalue weighted by Crippen LogP contribution is -2.28. The zero-order chi connectivity index (χ0) is 24.4. The maximum atomic E-state index is 13.6. The van der Waals surface area contributed by atoms with Crippen LogP contribution < -0.4 is 0 Å². The zero-order valence-corrected chi connectivity index (χ0v) is 20.9. The second-order valence-electron chi connectivity index (χ2n) is 8.71. The number of nitrogens with zero attached hydrogens (tertiary/aromatic N) is 3. The van der Waals surface area contributed by atoms with Gasteiger partial charge in [-0.3, -0.25) is 9.69 Å². The first-order chi connectivity index (χ1) is 17.0. The van der Waals surface area contributed by atoms with E-state index < -0.39 is 0 Å². The number of aryl methyl sites for hydroxylation is 2. The topological polar surface area (TPSA) is 37.6 Å². The summed E-state index contributed by atoms with van der Waals surface area (Å²) in [5.41, 5.74) is 7.54. The molecule has 1 fully saturated rings. The number of carbonyl (C=O) groups is 1. The van der Waals surface area contributed by atoms with E-state index >= 15 is 0 Å². The molecule has 0 bridgehead atoms. The highest BCUT2D eigenvalue weighted by molar-refractivity contribution is 8.18. The SMILES string of the molecule is Cc1ccc(-n2c(C)cc(/C=C3\SC(=Nc4ccccc4)N(Cc4ccccc4)C3=O)c2C)cc1. The average Bonchev–Trinajstić information content (AvgIpc) is 3.31. The van der Waals surface area contributed by atoms with Gasteiger partial charge in [-0.1, -0.05) is 66.2 Å². The van der Waals surface area contributed by atoms with Crippen LogP contribution in [0.3, 0.4) is 0 Å². The molecule has 5 rings (SSSR count). The molecule has 0 unspecified atom stereocenters. The van der Waals surface area contributed by atoms with Gasteiger partial charge >= 0.3 is 0 Å². The number of thioether (sulfide) groups is 1. The molecule has 0 spiro atoms. The normalized spacial score (nSPS) is 16.0. The lowest BCUT2D eigenvalue weighted by molar-refractivity contribution is -0.122. The molecular formula is C30H27N3OS. The van der Waals surface area contributed by atoms with Gasteiger partial charge in [0.1, 0.15) is 0 Å². The minimum absolute atomic E-state index is 0.0197. The molecule has 3 aromatic carbocycles. The number of hydrogen-bond donors (Lipinski definition) is 0. The minimum atomic E-state index is -0.0197. The molecular weight excluding hydrogens is 450 g/mol. The molecule has 1 aliphatic heterocycles. The van der Waals surface area contributed by atoms with Crippen LogP contribution in [0.1, 0.15) is 28.1 Å². The molecule has 2 heterocycles. The van der Waals surface area contributed by atoms with Crippen LogP contribution in [0, 0.1) is 20.8 Å². The van der Waals surface area contributed by atoms with E-state index in [1.54, 1.807) is 4.90 Å². The first kappa shape index (κ1) is 22.9. The molecule has 0 saturated carbocycles. The Morgan fingerprint density at radius 1 is 0.857 bits per heavy atom. The number of para-hydroxylation sites is 1. The molecule has 1 saturated heterocycles. The van der Waals surface area contributed by atoms with Crippen molar-refractivity contribution in [2.75, 3.05) is 0 Å². The molecule has 0 aliphatic carbocycles. The van der Waals surface area contributed by atoms with Gasteiger partial charge in [-0.2, -0.15) is 0 Å². The maximum absolute atomic E-state index is 13.6. The van der Waals surface area contributed by atoms with Crippen molar-refractivity contribution in [3.63, 3.8) is 0 Å². The van der Waals surface area contributed by atoms with Gasteiger partial charge in [0.05, 0.1) is 17.1 Å². The number of hydrogen-bond acceptors (Lipinski definition) is 3. The van der Waals surface area contributed by atoms with E-state index in [1.807, 2.05) is 66.7 Å². The first-order valence-corrected chi connectivity index (χ1v) is 12.5. The third-order valence-corrected chi connectivity index (χ3v) is 7.11. The summed E-state index contributed by atoms with van der Waals surface area (Å²) in [4.78, 5) is 20.8. The largest absolute Gasteiger partial charge is 0.318 e. The van der Waals surface area contributed by atoms with Crippen LogP contribution in [-0.4, -0.2) is 20.5 Å². The molecule has 4 nitrogen and oxygen atoms in total. The van der Waals surface area contributed by atoms with Crippen molar-refractivity contribution >= 4 is 34.6 Å². The summed E-state index contributed by atoms with van der Waals surface area (Å²) in [5, 5.41) is 0.698. The Morgan fingerprint density at radius 2 is 1.51 bits per heavy atom. The smallest absolute Gasteiger partial charge is 0.267 e. The fourth-order valence-corrected chi connectivity index (χ4v) is 5.26. The minimum Gasteiger partial charge on any atom is -0.318 e. The molecule has 0 N–H and O–H groups in total. The summed E-state index contributed by atoms with van der Waals surface area (Å²) in [6, 6.07) is 30.5. The zero-order valence-electron chi connectivity index (χ0n) is 20.1. The second-order valence-corrected chi connectivity index (χ2v) is 9.72. The van der Waals surface area contributed by atoms with Crippen molar-refractivity contribution in [1.82, 2.24) is 9.47 Å². The van der Waals surface area contributed by atoms with Crippen LogP contribution in [-0.2, 0) is 11.3 Å². The molecule has 1 aliphatic rings. The number of benzene rings is 3. The Bertz CT molecular complexity index is 1420. The summed E-state index contributed by atoms with van der Waals surface area (Å²) in [6.07, 6.45) is 2.01. The predicted molar refractivity (Wildman–Crippen MR) is 146 cm³/mol. The van der Waals surface area contributed by atoms with Gasteiger partial charge in [-0.25, -0.2) is 4.99 Å². The van der Waals surface area contributed by atoms with Crippen LogP contribution in [0.2, 0.25) is 0 Å². The Morgan fingerprint density at radius 3 is 2.20 bits per heavy atom. The number of aromatic nitrogens is 1. The van der Waals surface area contributed by atoms with Gasteiger partial charge in [0.2, 0.25) is 0 Å². The van der Waals surface area contributed by atoms with Crippen molar-refractivity contribution in [1.29, 1.82) is 0 Å². The summed E-state index contributed by atoms with van der Waals surface area (Å²) in [7, 11) is 0. The first-order valence-electron chi connectivity index (χ1n) is 11.6. The summed E-state index contributed by atoms with van der Waals surface area (Å²) in [6.45, 7) is 6.78. The predicted octanol–water partition coefficient (Wildman–Crippen LogP) is 7.21. The molecule has 0 radical (unpaired) electrons. The molecule has 174 valence electrons. The average molecular weight is 478 g/mol. The lowest BCUT2D eigenvalue weighted by atomic mass is 10.2. The Hall–Kier alpha value is -3.83. The number of aliphatic imine (C=N–C) groups is 1. The van der Waals surface area contributed by atoms with E-state index in [0.717, 1.165) is 33.9 Å². The van der Waals surface area contributed by atoms with E-state index in [2.05, 4.69) is 55.7 Å². The monoisotopic (exact) mass is 477 g/mol. The number of amides is 1. The van der Waals surface area contributed by atoms with Crippen LogP contribution in [0.15, 0.2) is 101 Å². The van der Waals surface area contributed by atoms with E-state index in [-0.39, 0.29) is 5.91 Å². The van der Waals surface area contributed by atoms with Crippen LogP contribution >= 0.6 is 11.8 Å². The van der Waals surface area contributed by atoms with Crippen LogP contribution in [0.4, 0.5) is 5.69 Å². The van der Waals surface area contributed by atoms with Crippen molar-refractivity contribution in [3.05, 3.63) is 124 Å². The Labute approximate surface area is 210 Å². The second kappa shape index (κ2) is 9.80. The Balaban J connectivity index is 1.52. The number of amidine groups is 1. The van der Waals surface area contributed by atoms with Gasteiger partial charge in [0.15, 0.2) is 5.17 Å². The standard InChI is InChI=1S/C30H27N3OS/c1-21-14-16-27(17-15-21)33-22(2)18-25(23(33)3)19-28-29(34)32(20-24-10-6-4-7-11-24)30(35-28)31-26-12-8-5-9-13-26/h4-19H,20H2,1-3H3/b28-19-,31-30?. The highest BCUT2D eigenvalue weighted by Crippen LogP contribution is 2.36. The Kier molecular flexibility index (Phi) is 6.43. The van der Waals surface area contributed by atoms with Gasteiger partial charge in [0, 0.05) is 17.1 Å². The third kappa shape index (κ3) is 4.86. The molecule has 35 heavy (non-hydrogen) atoms. The van der Waals surface area contributed by atoms with Crippen molar-refractivity contribution in [3.8, 4) is 5.69 Å². The fourth-order valence-electron chi connectivity index (χ4n) is 4.28. The van der Waals surface area contributed by atoms with Crippen molar-refractivity contribution in [2.45, 2.75) is 27.3 Å². The number of rotatable bonds is 5. The van der Waals surface area contributed by atoms with E-state index in [4.69, 9.17) is 4.99 Å².